The Labute approximate surface area is 203 Å². The van der Waals surface area contributed by atoms with Crippen molar-refractivity contribution in [3.8, 4) is 0 Å². The fraction of sp³-hybridized carbons (Fsp3) is 0.308. The maximum absolute atomic E-state index is 13.0. The van der Waals surface area contributed by atoms with Gasteiger partial charge in [-0.1, -0.05) is 23.9 Å². The summed E-state index contributed by atoms with van der Waals surface area (Å²) in [4.78, 5) is 28.6. The number of anilines is 2. The number of carbonyl (C=O) groups excluding carboxylic acids is 2. The van der Waals surface area contributed by atoms with Crippen LogP contribution in [0.5, 0.6) is 0 Å². The number of allylic oxidation sites excluding steroid dienone is 1. The maximum atomic E-state index is 13.0. The fourth-order valence-electron chi connectivity index (χ4n) is 4.49. The summed E-state index contributed by atoms with van der Waals surface area (Å²) >= 11 is 1.57. The lowest BCUT2D eigenvalue weighted by atomic mass is 10.0. The Morgan fingerprint density at radius 3 is 2.65 bits per heavy atom. The third-order valence-corrected chi connectivity index (χ3v) is 6.95. The van der Waals surface area contributed by atoms with Crippen molar-refractivity contribution in [1.82, 2.24) is 4.90 Å². The molecule has 0 bridgehead atoms. The van der Waals surface area contributed by atoms with Gasteiger partial charge in [0.2, 0.25) is 5.91 Å². The van der Waals surface area contributed by atoms with Crippen LogP contribution in [-0.4, -0.2) is 48.6 Å². The minimum atomic E-state index is -0.516. The summed E-state index contributed by atoms with van der Waals surface area (Å²) in [5.74, 6) is 0.340. The van der Waals surface area contributed by atoms with Gasteiger partial charge in [-0.2, -0.15) is 0 Å². The standard InChI is InChI=1S/C26H27N3O4S/c1-16(30)27-17-5-4-6-18(13-17)34-19-7-8-20-21(14-19)28-25(31)24(20)22-15-23(26(2,3)33-22)29-9-11-32-12-10-29/h4-8,13-15H,9-12H2,1-3H3,(H,27,30)(H,28,31)/b24-22+. The van der Waals surface area contributed by atoms with E-state index in [4.69, 9.17) is 9.47 Å². The lowest BCUT2D eigenvalue weighted by Gasteiger charge is -2.35. The predicted molar refractivity (Wildman–Crippen MR) is 132 cm³/mol. The number of nitrogens with zero attached hydrogens (tertiary/aromatic N) is 1. The Kier molecular flexibility index (Phi) is 5.87. The number of hydrogen-bond acceptors (Lipinski definition) is 6. The highest BCUT2D eigenvalue weighted by molar-refractivity contribution is 7.99. The van der Waals surface area contributed by atoms with Crippen molar-refractivity contribution in [2.75, 3.05) is 36.9 Å². The highest BCUT2D eigenvalue weighted by atomic mass is 32.2. The zero-order valence-electron chi connectivity index (χ0n) is 19.4. The Morgan fingerprint density at radius 1 is 1.12 bits per heavy atom. The molecule has 3 aliphatic heterocycles. The second-order valence-corrected chi connectivity index (χ2v) is 10.1. The number of ether oxygens (including phenoxy) is 2. The van der Waals surface area contributed by atoms with Crippen LogP contribution in [0.15, 0.2) is 69.8 Å². The third-order valence-electron chi connectivity index (χ3n) is 5.97. The van der Waals surface area contributed by atoms with Crippen LogP contribution in [0.1, 0.15) is 26.3 Å². The van der Waals surface area contributed by atoms with Gasteiger partial charge < -0.3 is 25.0 Å². The topological polar surface area (TPSA) is 79.9 Å². The number of fused-ring (bicyclic) bond motifs is 1. The van der Waals surface area contributed by atoms with Crippen molar-refractivity contribution in [3.05, 3.63) is 65.6 Å². The second-order valence-electron chi connectivity index (χ2n) is 8.95. The molecule has 34 heavy (non-hydrogen) atoms. The monoisotopic (exact) mass is 477 g/mol. The van der Waals surface area contributed by atoms with E-state index in [1.807, 2.05) is 62.4 Å². The molecule has 3 heterocycles. The molecule has 0 radical (unpaired) electrons. The molecule has 1 saturated heterocycles. The smallest absolute Gasteiger partial charge is 0.260 e. The van der Waals surface area contributed by atoms with Crippen molar-refractivity contribution >= 4 is 40.5 Å². The Balaban J connectivity index is 1.43. The molecule has 0 atom stereocenters. The Hall–Kier alpha value is -3.23. The zero-order chi connectivity index (χ0) is 23.9. The first kappa shape index (κ1) is 22.6. The molecule has 2 aromatic rings. The van der Waals surface area contributed by atoms with Gasteiger partial charge in [-0.05, 0) is 44.2 Å². The molecular weight excluding hydrogens is 450 g/mol. The van der Waals surface area contributed by atoms with Crippen LogP contribution in [0, 0.1) is 0 Å². The molecule has 5 rings (SSSR count). The molecule has 1 fully saturated rings. The Bertz CT molecular complexity index is 1230. The summed E-state index contributed by atoms with van der Waals surface area (Å²) in [6.07, 6.45) is 2.01. The van der Waals surface area contributed by atoms with Gasteiger partial charge in [0.25, 0.3) is 5.91 Å². The van der Waals surface area contributed by atoms with Crippen molar-refractivity contribution < 1.29 is 19.1 Å². The molecule has 0 unspecified atom stereocenters. The lowest BCUT2D eigenvalue weighted by Crippen LogP contribution is -2.41. The van der Waals surface area contributed by atoms with Gasteiger partial charge in [-0.25, -0.2) is 0 Å². The summed E-state index contributed by atoms with van der Waals surface area (Å²) < 4.78 is 11.8. The molecule has 3 aliphatic rings. The quantitative estimate of drug-likeness (QED) is 0.632. The summed E-state index contributed by atoms with van der Waals surface area (Å²) in [6, 6.07) is 13.6. The average molecular weight is 478 g/mol. The third kappa shape index (κ3) is 4.43. The van der Waals surface area contributed by atoms with Gasteiger partial charge in [-0.15, -0.1) is 0 Å². The molecule has 0 saturated carbocycles. The minimum Gasteiger partial charge on any atom is -0.481 e. The van der Waals surface area contributed by atoms with Gasteiger partial charge in [0.15, 0.2) is 0 Å². The van der Waals surface area contributed by atoms with Crippen LogP contribution >= 0.6 is 11.8 Å². The predicted octanol–water partition coefficient (Wildman–Crippen LogP) is 4.48. The van der Waals surface area contributed by atoms with Crippen LogP contribution < -0.4 is 10.6 Å². The molecular formula is C26H27N3O4S. The van der Waals surface area contributed by atoms with Crippen LogP contribution in [0.25, 0.3) is 5.57 Å². The number of nitrogens with one attached hydrogen (secondary N) is 2. The second kappa shape index (κ2) is 8.85. The highest BCUT2D eigenvalue weighted by Crippen LogP contribution is 2.43. The largest absolute Gasteiger partial charge is 0.481 e. The van der Waals surface area contributed by atoms with E-state index >= 15 is 0 Å². The van der Waals surface area contributed by atoms with Crippen molar-refractivity contribution in [2.45, 2.75) is 36.2 Å². The molecule has 2 N–H and O–H groups in total. The molecule has 0 aromatic heterocycles. The number of rotatable bonds is 4. The Morgan fingerprint density at radius 2 is 1.88 bits per heavy atom. The van der Waals surface area contributed by atoms with Crippen LogP contribution in [0.3, 0.4) is 0 Å². The van der Waals surface area contributed by atoms with Crippen LogP contribution in [0.4, 0.5) is 11.4 Å². The van der Waals surface area contributed by atoms with Crippen molar-refractivity contribution in [2.24, 2.45) is 0 Å². The van der Waals surface area contributed by atoms with E-state index in [1.54, 1.807) is 11.8 Å². The molecule has 176 valence electrons. The SMILES string of the molecule is CC(=O)Nc1cccc(Sc2ccc3c(c2)NC(=O)/C3=C2\C=C(N3CCOCC3)C(C)(C)O2)c1. The van der Waals surface area contributed by atoms with E-state index in [2.05, 4.69) is 15.5 Å². The van der Waals surface area contributed by atoms with Gasteiger partial charge in [0.05, 0.1) is 30.2 Å². The summed E-state index contributed by atoms with van der Waals surface area (Å²) in [6.45, 7) is 8.56. The van der Waals surface area contributed by atoms with E-state index in [0.29, 0.717) is 24.5 Å². The van der Waals surface area contributed by atoms with Gasteiger partial charge >= 0.3 is 0 Å². The minimum absolute atomic E-state index is 0.105. The van der Waals surface area contributed by atoms with Crippen molar-refractivity contribution in [3.63, 3.8) is 0 Å². The summed E-state index contributed by atoms with van der Waals surface area (Å²) in [7, 11) is 0. The average Bonchev–Trinajstić information content (AvgIpc) is 3.28. The van der Waals surface area contributed by atoms with Gasteiger partial charge in [0, 0.05) is 47.1 Å². The summed E-state index contributed by atoms with van der Waals surface area (Å²) in [5.41, 5.74) is 3.48. The van der Waals surface area contributed by atoms with Crippen molar-refractivity contribution in [1.29, 1.82) is 0 Å². The van der Waals surface area contributed by atoms with Gasteiger partial charge in [-0.3, -0.25) is 9.59 Å². The number of hydrogen-bond donors (Lipinski definition) is 2. The van der Waals surface area contributed by atoms with Crippen LogP contribution in [-0.2, 0) is 19.1 Å². The van der Waals surface area contributed by atoms with E-state index in [1.165, 1.54) is 6.92 Å². The first-order chi connectivity index (χ1) is 16.3. The molecule has 0 aliphatic carbocycles. The molecule has 2 aromatic carbocycles. The first-order valence-corrected chi connectivity index (χ1v) is 12.1. The molecule has 7 nitrogen and oxygen atoms in total. The van der Waals surface area contributed by atoms with Gasteiger partial charge in [0.1, 0.15) is 11.4 Å². The molecule has 2 amide bonds. The highest BCUT2D eigenvalue weighted by Gasteiger charge is 2.40. The van der Waals surface area contributed by atoms with E-state index in [-0.39, 0.29) is 11.8 Å². The number of benzene rings is 2. The van der Waals surface area contributed by atoms with Crippen LogP contribution in [0.2, 0.25) is 0 Å². The normalized spacial score (nSPS) is 21.0. The number of amides is 2. The lowest BCUT2D eigenvalue weighted by molar-refractivity contribution is -0.114. The van der Waals surface area contributed by atoms with E-state index in [0.717, 1.165) is 45.5 Å². The van der Waals surface area contributed by atoms with E-state index < -0.39 is 5.60 Å². The molecule has 0 spiro atoms. The number of carbonyl (C=O) groups is 2. The number of morpholine rings is 1. The zero-order valence-corrected chi connectivity index (χ0v) is 20.3. The fourth-order valence-corrected chi connectivity index (χ4v) is 5.41. The first-order valence-electron chi connectivity index (χ1n) is 11.3. The maximum Gasteiger partial charge on any atom is 0.260 e. The van der Waals surface area contributed by atoms with E-state index in [9.17, 15) is 9.59 Å². The molecule has 8 heteroatoms. The summed E-state index contributed by atoms with van der Waals surface area (Å²) in [5, 5.41) is 5.80.